The van der Waals surface area contributed by atoms with Gasteiger partial charge in [0.1, 0.15) is 0 Å². The Morgan fingerprint density at radius 2 is 0.821 bits per heavy atom. The molecule has 0 aromatic carbocycles. The summed E-state index contributed by atoms with van der Waals surface area (Å²) < 4.78 is 0. The van der Waals surface area contributed by atoms with Crippen LogP contribution in [0.15, 0.2) is 0 Å². The molecule has 0 aliphatic heterocycles. The maximum atomic E-state index is 2.52. The average Bonchev–Trinajstić information content (AvgIpc) is 3.60. The lowest BCUT2D eigenvalue weighted by Crippen LogP contribution is -2.35. The minimum Gasteiger partial charge on any atom is -0.0599 e. The van der Waals surface area contributed by atoms with Crippen LogP contribution >= 0.6 is 0 Å². The largest absolute Gasteiger partial charge is 0.0599 e. The normalized spacial score (nSPS) is 40.0. The Kier molecular flexibility index (Phi) is 10.7. The van der Waals surface area contributed by atoms with Gasteiger partial charge in [0.05, 0.1) is 0 Å². The SMILES string of the molecule is CC1(C)CC2CC1C1CCCCC21.CC1(C)CC2CCCCC2C1.CC1(C)CCCC1.CC1(C)CCCCC1. The lowest BCUT2D eigenvalue weighted by Gasteiger charge is -2.43. The predicted molar refractivity (Wildman–Crippen MR) is 173 cm³/mol. The Labute approximate surface area is 247 Å². The highest BCUT2D eigenvalue weighted by Crippen LogP contribution is 2.64. The van der Waals surface area contributed by atoms with E-state index in [1.165, 1.54) is 109 Å². The third kappa shape index (κ3) is 8.99. The Morgan fingerprint density at radius 1 is 0.385 bits per heavy atom. The zero-order chi connectivity index (χ0) is 28.3. The van der Waals surface area contributed by atoms with Crippen LogP contribution < -0.4 is 0 Å². The molecule has 228 valence electrons. The van der Waals surface area contributed by atoms with Crippen LogP contribution in [0.3, 0.4) is 0 Å². The van der Waals surface area contributed by atoms with Crippen molar-refractivity contribution in [3.05, 3.63) is 0 Å². The van der Waals surface area contributed by atoms with E-state index < -0.39 is 0 Å². The van der Waals surface area contributed by atoms with Crippen molar-refractivity contribution in [1.82, 2.24) is 0 Å². The van der Waals surface area contributed by atoms with Crippen LogP contribution in [0.4, 0.5) is 0 Å². The Hall–Kier alpha value is 0. The molecule has 6 atom stereocenters. The van der Waals surface area contributed by atoms with Gasteiger partial charge < -0.3 is 0 Å². The van der Waals surface area contributed by atoms with Crippen LogP contribution in [-0.2, 0) is 0 Å². The second-order valence-corrected chi connectivity index (χ2v) is 18.9. The molecule has 2 bridgehead atoms. The van der Waals surface area contributed by atoms with Crippen molar-refractivity contribution in [1.29, 1.82) is 0 Å². The molecule has 0 amide bonds. The van der Waals surface area contributed by atoms with Gasteiger partial charge in [0.2, 0.25) is 0 Å². The molecule has 0 nitrogen and oxygen atoms in total. The number of hydrogen-bond donors (Lipinski definition) is 0. The first-order valence-electron chi connectivity index (χ1n) is 18.3. The number of fused-ring (bicyclic) bond motifs is 6. The van der Waals surface area contributed by atoms with E-state index in [0.29, 0.717) is 21.7 Å². The number of rotatable bonds is 0. The fourth-order valence-corrected chi connectivity index (χ4v) is 11.1. The van der Waals surface area contributed by atoms with Gasteiger partial charge in [0.15, 0.2) is 0 Å². The average molecular weight is 541 g/mol. The first-order valence-corrected chi connectivity index (χ1v) is 18.3. The molecule has 7 fully saturated rings. The van der Waals surface area contributed by atoms with E-state index >= 15 is 0 Å². The maximum Gasteiger partial charge on any atom is -0.0320 e. The molecule has 0 saturated heterocycles. The van der Waals surface area contributed by atoms with Crippen molar-refractivity contribution in [2.45, 2.75) is 190 Å². The van der Waals surface area contributed by atoms with E-state index in [1.54, 1.807) is 25.7 Å². The highest BCUT2D eigenvalue weighted by molar-refractivity contribution is 5.05. The fraction of sp³-hybridized carbons (Fsp3) is 1.00. The van der Waals surface area contributed by atoms with Crippen molar-refractivity contribution in [2.24, 2.45) is 57.2 Å². The molecule has 7 aliphatic rings. The van der Waals surface area contributed by atoms with E-state index in [1.807, 2.05) is 0 Å². The van der Waals surface area contributed by atoms with Crippen molar-refractivity contribution in [3.63, 3.8) is 0 Å². The topological polar surface area (TPSA) is 0 Å². The van der Waals surface area contributed by atoms with E-state index in [2.05, 4.69) is 55.4 Å². The maximum absolute atomic E-state index is 2.52. The van der Waals surface area contributed by atoms with Crippen LogP contribution in [0.2, 0.25) is 0 Å². The molecule has 0 N–H and O–H groups in total. The molecule has 0 heteroatoms. The molecule has 7 saturated carbocycles. The van der Waals surface area contributed by atoms with Gasteiger partial charge in [-0.05, 0) is 121 Å². The highest BCUT2D eigenvalue weighted by Gasteiger charge is 2.55. The summed E-state index contributed by atoms with van der Waals surface area (Å²) in [7, 11) is 0. The third-order valence-electron chi connectivity index (χ3n) is 13.2. The van der Waals surface area contributed by atoms with Crippen molar-refractivity contribution in [3.8, 4) is 0 Å². The first-order chi connectivity index (χ1) is 18.3. The van der Waals surface area contributed by atoms with Gasteiger partial charge in [-0.1, -0.05) is 126 Å². The minimum atomic E-state index is 0.679. The summed E-state index contributed by atoms with van der Waals surface area (Å²) >= 11 is 0. The van der Waals surface area contributed by atoms with Gasteiger partial charge in [-0.15, -0.1) is 0 Å². The van der Waals surface area contributed by atoms with Crippen molar-refractivity contribution >= 4 is 0 Å². The van der Waals surface area contributed by atoms with Crippen LogP contribution in [0.25, 0.3) is 0 Å². The standard InChI is InChI=1S/C13H22.C11H20.C8H16.C7H14/c1-13(2)8-9-7-12(13)11-6-4-3-5-10(9)11;1-11(2)7-9-5-3-4-6-10(9)8-11;1-8(2)6-4-3-5-7-8;1-7(2)5-3-4-6-7/h9-12H,3-8H2,1-2H3;9-10H,3-8H2,1-2H3;3-7H2,1-2H3;3-6H2,1-2H3. The molecule has 0 aromatic rings. The third-order valence-corrected chi connectivity index (χ3v) is 13.2. The molecule has 0 heterocycles. The van der Waals surface area contributed by atoms with Crippen LogP contribution in [0.1, 0.15) is 190 Å². The summed E-state index contributed by atoms with van der Waals surface area (Å²) in [6, 6.07) is 0. The molecule has 6 unspecified atom stereocenters. The van der Waals surface area contributed by atoms with Crippen LogP contribution in [0, 0.1) is 57.2 Å². The monoisotopic (exact) mass is 541 g/mol. The molecular formula is C39H72. The summed E-state index contributed by atoms with van der Waals surface area (Å²) in [5.41, 5.74) is 2.75. The second-order valence-electron chi connectivity index (χ2n) is 18.9. The molecule has 7 rings (SSSR count). The van der Waals surface area contributed by atoms with Gasteiger partial charge in [-0.3, -0.25) is 0 Å². The summed E-state index contributed by atoms with van der Waals surface area (Å²) in [6.07, 6.45) is 31.6. The smallest absolute Gasteiger partial charge is 0.0320 e. The number of hydrogen-bond acceptors (Lipinski definition) is 0. The molecule has 0 aromatic heterocycles. The van der Waals surface area contributed by atoms with Gasteiger partial charge in [-0.2, -0.15) is 0 Å². The highest BCUT2D eigenvalue weighted by atomic mass is 14.6. The summed E-state index contributed by atoms with van der Waals surface area (Å²) in [4.78, 5) is 0. The summed E-state index contributed by atoms with van der Waals surface area (Å²) in [6.45, 7) is 19.4. The Balaban J connectivity index is 0.000000125. The van der Waals surface area contributed by atoms with E-state index in [0.717, 1.165) is 35.5 Å². The summed E-state index contributed by atoms with van der Waals surface area (Å²) in [5, 5.41) is 0. The van der Waals surface area contributed by atoms with Gasteiger partial charge in [0.25, 0.3) is 0 Å². The van der Waals surface area contributed by atoms with E-state index in [9.17, 15) is 0 Å². The van der Waals surface area contributed by atoms with Crippen molar-refractivity contribution in [2.75, 3.05) is 0 Å². The van der Waals surface area contributed by atoms with Gasteiger partial charge in [-0.25, -0.2) is 0 Å². The van der Waals surface area contributed by atoms with Crippen LogP contribution in [-0.4, -0.2) is 0 Å². The fourth-order valence-electron chi connectivity index (χ4n) is 11.1. The molecule has 0 spiro atoms. The molecule has 7 aliphatic carbocycles. The minimum absolute atomic E-state index is 0.679. The zero-order valence-electron chi connectivity index (χ0n) is 28.3. The zero-order valence-corrected chi connectivity index (χ0v) is 28.3. The quantitative estimate of drug-likeness (QED) is 0.286. The van der Waals surface area contributed by atoms with Crippen molar-refractivity contribution < 1.29 is 0 Å². The second kappa shape index (κ2) is 13.1. The first kappa shape index (κ1) is 31.9. The van der Waals surface area contributed by atoms with Gasteiger partial charge >= 0.3 is 0 Å². The Morgan fingerprint density at radius 3 is 1.26 bits per heavy atom. The molecule has 39 heavy (non-hydrogen) atoms. The lowest BCUT2D eigenvalue weighted by atomic mass is 9.62. The van der Waals surface area contributed by atoms with Crippen LogP contribution in [0.5, 0.6) is 0 Å². The molecular weight excluding hydrogens is 468 g/mol. The summed E-state index contributed by atoms with van der Waals surface area (Å²) in [5.74, 6) is 6.75. The lowest BCUT2D eigenvalue weighted by molar-refractivity contribution is 0.0663. The molecule has 0 radical (unpaired) electrons. The van der Waals surface area contributed by atoms with Gasteiger partial charge in [0, 0.05) is 0 Å². The predicted octanol–water partition coefficient (Wildman–Crippen LogP) is 13.0. The van der Waals surface area contributed by atoms with E-state index in [-0.39, 0.29) is 0 Å². The Bertz CT molecular complexity index is 705. The van der Waals surface area contributed by atoms with E-state index in [4.69, 9.17) is 0 Å².